The number of anilines is 1. The number of nitrogens with zero attached hydrogens (tertiary/aromatic N) is 1. The van der Waals surface area contributed by atoms with Crippen molar-refractivity contribution in [2.45, 2.75) is 6.42 Å². The molecule has 3 rings (SSSR count). The summed E-state index contributed by atoms with van der Waals surface area (Å²) >= 11 is 6.01. The number of imide groups is 1. The second-order valence-corrected chi connectivity index (χ2v) is 5.18. The van der Waals surface area contributed by atoms with Gasteiger partial charge in [-0.1, -0.05) is 11.6 Å². The standard InChI is InChI=1S/C13H10ClNO5/c1-20-10-4-9(8(14)3-7(10)13(18)19)15-11(16)5-2-6(5)12(15)17/h3-6H,2H2,1H3,(H,18,19). The van der Waals surface area contributed by atoms with Gasteiger partial charge in [0.2, 0.25) is 11.8 Å². The van der Waals surface area contributed by atoms with Gasteiger partial charge in [-0.3, -0.25) is 9.59 Å². The summed E-state index contributed by atoms with van der Waals surface area (Å²) in [6.07, 6.45) is 0.593. The van der Waals surface area contributed by atoms with Crippen molar-refractivity contribution in [1.82, 2.24) is 0 Å². The number of aromatic carboxylic acids is 1. The highest BCUT2D eigenvalue weighted by molar-refractivity contribution is 6.37. The summed E-state index contributed by atoms with van der Waals surface area (Å²) in [7, 11) is 1.31. The first kappa shape index (κ1) is 12.9. The van der Waals surface area contributed by atoms with E-state index in [0.717, 1.165) is 4.90 Å². The van der Waals surface area contributed by atoms with E-state index in [-0.39, 0.29) is 45.7 Å². The van der Waals surface area contributed by atoms with E-state index in [1.165, 1.54) is 19.2 Å². The highest BCUT2D eigenvalue weighted by Gasteiger charge is 2.59. The number of rotatable bonds is 3. The van der Waals surface area contributed by atoms with Gasteiger partial charge in [-0.25, -0.2) is 9.69 Å². The molecule has 20 heavy (non-hydrogen) atoms. The number of carbonyl (C=O) groups excluding carboxylic acids is 2. The number of hydrogen-bond donors (Lipinski definition) is 1. The van der Waals surface area contributed by atoms with Crippen LogP contribution in [0.1, 0.15) is 16.8 Å². The van der Waals surface area contributed by atoms with Crippen LogP contribution in [0.2, 0.25) is 5.02 Å². The van der Waals surface area contributed by atoms with Crippen LogP contribution in [-0.4, -0.2) is 30.0 Å². The first-order chi connectivity index (χ1) is 9.45. The van der Waals surface area contributed by atoms with E-state index in [2.05, 4.69) is 0 Å². The van der Waals surface area contributed by atoms with Gasteiger partial charge >= 0.3 is 5.97 Å². The molecule has 2 unspecified atom stereocenters. The lowest BCUT2D eigenvalue weighted by Gasteiger charge is -2.19. The molecule has 1 aromatic rings. The maximum absolute atomic E-state index is 12.0. The van der Waals surface area contributed by atoms with Crippen molar-refractivity contribution in [3.63, 3.8) is 0 Å². The number of benzene rings is 1. The van der Waals surface area contributed by atoms with Gasteiger partial charge in [0.15, 0.2) is 0 Å². The minimum Gasteiger partial charge on any atom is -0.496 e. The lowest BCUT2D eigenvalue weighted by atomic mass is 10.1. The van der Waals surface area contributed by atoms with Gasteiger partial charge in [0.05, 0.1) is 29.7 Å². The average molecular weight is 296 g/mol. The van der Waals surface area contributed by atoms with Gasteiger partial charge in [0.1, 0.15) is 11.3 Å². The summed E-state index contributed by atoms with van der Waals surface area (Å²) in [6.45, 7) is 0. The molecule has 1 saturated carbocycles. The van der Waals surface area contributed by atoms with Gasteiger partial charge < -0.3 is 9.84 Å². The van der Waals surface area contributed by atoms with Crippen LogP contribution >= 0.6 is 11.6 Å². The van der Waals surface area contributed by atoms with Crippen LogP contribution in [0, 0.1) is 11.8 Å². The van der Waals surface area contributed by atoms with Crippen molar-refractivity contribution in [2.24, 2.45) is 11.8 Å². The van der Waals surface area contributed by atoms with Gasteiger partial charge in [0.25, 0.3) is 0 Å². The van der Waals surface area contributed by atoms with E-state index in [1.54, 1.807) is 0 Å². The minimum absolute atomic E-state index is 0.0335. The Hall–Kier alpha value is -2.08. The largest absolute Gasteiger partial charge is 0.496 e. The number of carboxylic acid groups (broad SMARTS) is 1. The molecule has 7 heteroatoms. The van der Waals surface area contributed by atoms with Crippen LogP contribution < -0.4 is 9.64 Å². The fourth-order valence-corrected chi connectivity index (χ4v) is 2.72. The number of methoxy groups -OCH3 is 1. The summed E-state index contributed by atoms with van der Waals surface area (Å²) < 4.78 is 4.98. The summed E-state index contributed by atoms with van der Waals surface area (Å²) in [6, 6.07) is 2.49. The quantitative estimate of drug-likeness (QED) is 0.855. The van der Waals surface area contributed by atoms with Crippen LogP contribution in [-0.2, 0) is 9.59 Å². The van der Waals surface area contributed by atoms with Crippen LogP contribution in [0.5, 0.6) is 5.75 Å². The Labute approximate surface area is 118 Å². The van der Waals surface area contributed by atoms with Gasteiger partial charge in [-0.2, -0.15) is 0 Å². The van der Waals surface area contributed by atoms with E-state index in [9.17, 15) is 14.4 Å². The van der Waals surface area contributed by atoms with Crippen molar-refractivity contribution in [1.29, 1.82) is 0 Å². The maximum Gasteiger partial charge on any atom is 0.339 e. The second-order valence-electron chi connectivity index (χ2n) is 4.77. The van der Waals surface area contributed by atoms with Crippen molar-refractivity contribution in [3.05, 3.63) is 22.7 Å². The lowest BCUT2D eigenvalue weighted by molar-refractivity contribution is -0.123. The number of carboxylic acids is 1. The van der Waals surface area contributed by atoms with Gasteiger partial charge in [0, 0.05) is 6.07 Å². The molecule has 6 nitrogen and oxygen atoms in total. The van der Waals surface area contributed by atoms with Crippen LogP contribution in [0.3, 0.4) is 0 Å². The molecule has 2 amide bonds. The Morgan fingerprint density at radius 3 is 2.45 bits per heavy atom. The molecule has 0 bridgehead atoms. The lowest BCUT2D eigenvalue weighted by Crippen LogP contribution is -2.33. The third-order valence-electron chi connectivity index (χ3n) is 3.61. The predicted molar refractivity (Wildman–Crippen MR) is 69.1 cm³/mol. The molecular weight excluding hydrogens is 286 g/mol. The zero-order chi connectivity index (χ0) is 14.6. The Balaban J connectivity index is 2.08. The molecule has 104 valence electrons. The molecule has 1 aromatic carbocycles. The molecule has 0 aromatic heterocycles. The first-order valence-corrected chi connectivity index (χ1v) is 6.32. The number of amides is 2. The molecule has 0 radical (unpaired) electrons. The maximum atomic E-state index is 12.0. The Kier molecular flexibility index (Phi) is 2.72. The molecule has 1 aliphatic carbocycles. The summed E-state index contributed by atoms with van der Waals surface area (Å²) in [5.41, 5.74) is 0.0567. The Morgan fingerprint density at radius 1 is 1.35 bits per heavy atom. The zero-order valence-electron chi connectivity index (χ0n) is 10.4. The van der Waals surface area contributed by atoms with Crippen LogP contribution in [0.4, 0.5) is 5.69 Å². The number of fused-ring (bicyclic) bond motifs is 1. The SMILES string of the molecule is COc1cc(N2C(=O)C3CC3C2=O)c(Cl)cc1C(=O)O. The fourth-order valence-electron chi connectivity index (χ4n) is 2.47. The monoisotopic (exact) mass is 295 g/mol. The zero-order valence-corrected chi connectivity index (χ0v) is 11.2. The molecule has 1 heterocycles. The van der Waals surface area contributed by atoms with Crippen LogP contribution in [0.15, 0.2) is 12.1 Å². The highest BCUT2D eigenvalue weighted by atomic mass is 35.5. The van der Waals surface area contributed by atoms with Gasteiger partial charge in [-0.15, -0.1) is 0 Å². The van der Waals surface area contributed by atoms with E-state index in [4.69, 9.17) is 21.4 Å². The predicted octanol–water partition coefficient (Wildman–Crippen LogP) is 1.56. The number of piperidine rings is 1. The van der Waals surface area contributed by atoms with Gasteiger partial charge in [-0.05, 0) is 12.5 Å². The van der Waals surface area contributed by atoms with E-state index >= 15 is 0 Å². The molecule has 0 spiro atoms. The third-order valence-corrected chi connectivity index (χ3v) is 3.91. The van der Waals surface area contributed by atoms with E-state index in [1.807, 2.05) is 0 Å². The second kappa shape index (κ2) is 4.21. The molecule has 2 atom stereocenters. The van der Waals surface area contributed by atoms with Crippen molar-refractivity contribution < 1.29 is 24.2 Å². The minimum atomic E-state index is -1.20. The van der Waals surface area contributed by atoms with E-state index in [0.29, 0.717) is 6.42 Å². The first-order valence-electron chi connectivity index (χ1n) is 5.94. The smallest absolute Gasteiger partial charge is 0.339 e. The molecular formula is C13H10ClNO5. The summed E-state index contributed by atoms with van der Waals surface area (Å²) in [5, 5.41) is 9.08. The Morgan fingerprint density at radius 2 is 1.95 bits per heavy atom. The molecule has 1 aliphatic heterocycles. The number of hydrogen-bond acceptors (Lipinski definition) is 4. The van der Waals surface area contributed by atoms with Crippen LogP contribution in [0.25, 0.3) is 0 Å². The summed E-state index contributed by atoms with van der Waals surface area (Å²) in [5.74, 6) is -2.21. The normalized spacial score (nSPS) is 23.8. The number of carbonyl (C=O) groups is 3. The molecule has 1 saturated heterocycles. The fraction of sp³-hybridized carbons (Fsp3) is 0.308. The van der Waals surface area contributed by atoms with E-state index < -0.39 is 5.97 Å². The average Bonchev–Trinajstić information content (AvgIpc) is 3.15. The number of halogens is 1. The van der Waals surface area contributed by atoms with Crippen molar-refractivity contribution in [3.8, 4) is 5.75 Å². The molecule has 2 fully saturated rings. The Bertz CT molecular complexity index is 636. The van der Waals surface area contributed by atoms with Crippen molar-refractivity contribution in [2.75, 3.05) is 12.0 Å². The third kappa shape index (κ3) is 1.68. The summed E-state index contributed by atoms with van der Waals surface area (Å²) in [4.78, 5) is 36.1. The number of ether oxygens (including phenoxy) is 1. The molecule has 1 N–H and O–H groups in total. The highest BCUT2D eigenvalue weighted by Crippen LogP contribution is 2.50. The molecule has 2 aliphatic rings. The van der Waals surface area contributed by atoms with Crippen molar-refractivity contribution >= 4 is 35.1 Å². The topological polar surface area (TPSA) is 83.9 Å².